The molecule has 1 aromatic carbocycles. The molecule has 0 aliphatic heterocycles. The zero-order valence-electron chi connectivity index (χ0n) is 7.01. The molecule has 0 N–H and O–H groups in total. The van der Waals surface area contributed by atoms with Gasteiger partial charge in [0, 0.05) is 5.02 Å². The molecule has 1 saturated carbocycles. The molecule has 0 amide bonds. The molecule has 1 aromatic rings. The summed E-state index contributed by atoms with van der Waals surface area (Å²) < 4.78 is 5.60. The van der Waals surface area contributed by atoms with Crippen LogP contribution in [0.5, 0.6) is 5.75 Å². The molecular formula is C10H11ClO. The van der Waals surface area contributed by atoms with Gasteiger partial charge in [-0.2, -0.15) is 0 Å². The second kappa shape index (κ2) is 2.98. The smallest absolute Gasteiger partial charge is 0.121 e. The minimum absolute atomic E-state index is 0.447. The number of rotatable bonds is 2. The second-order valence-electron chi connectivity index (χ2n) is 3.28. The van der Waals surface area contributed by atoms with E-state index in [1.165, 1.54) is 12.8 Å². The van der Waals surface area contributed by atoms with Gasteiger partial charge >= 0.3 is 0 Å². The Kier molecular flexibility index (Phi) is 1.97. The van der Waals surface area contributed by atoms with Crippen LogP contribution in [0.25, 0.3) is 0 Å². The minimum Gasteiger partial charge on any atom is -0.490 e. The van der Waals surface area contributed by atoms with E-state index in [9.17, 15) is 0 Å². The third-order valence-corrected chi connectivity index (χ3v) is 2.06. The van der Waals surface area contributed by atoms with Gasteiger partial charge in [0.2, 0.25) is 0 Å². The van der Waals surface area contributed by atoms with Crippen LogP contribution in [0.1, 0.15) is 18.4 Å². The fraction of sp³-hybridized carbons (Fsp3) is 0.400. The van der Waals surface area contributed by atoms with Crippen molar-refractivity contribution in [3.05, 3.63) is 28.8 Å². The quantitative estimate of drug-likeness (QED) is 0.683. The molecule has 12 heavy (non-hydrogen) atoms. The van der Waals surface area contributed by atoms with E-state index in [1.807, 2.05) is 25.1 Å². The SMILES string of the molecule is Cc1cc(Cl)cc(OC2CC2)c1. The Morgan fingerprint density at radius 2 is 2.08 bits per heavy atom. The van der Waals surface area contributed by atoms with Crippen molar-refractivity contribution in [2.45, 2.75) is 25.9 Å². The van der Waals surface area contributed by atoms with Crippen LogP contribution in [-0.4, -0.2) is 6.10 Å². The summed E-state index contributed by atoms with van der Waals surface area (Å²) in [5, 5.41) is 0.755. The molecular weight excluding hydrogens is 172 g/mol. The summed E-state index contributed by atoms with van der Waals surface area (Å²) in [4.78, 5) is 0. The maximum Gasteiger partial charge on any atom is 0.121 e. The van der Waals surface area contributed by atoms with Crippen molar-refractivity contribution >= 4 is 11.6 Å². The van der Waals surface area contributed by atoms with Crippen LogP contribution in [0.2, 0.25) is 5.02 Å². The standard InChI is InChI=1S/C10H11ClO/c1-7-4-8(11)6-10(5-7)12-9-2-3-9/h4-6,9H,2-3H2,1H3. The van der Waals surface area contributed by atoms with Crippen LogP contribution in [0, 0.1) is 6.92 Å². The maximum absolute atomic E-state index is 5.87. The van der Waals surface area contributed by atoms with E-state index in [4.69, 9.17) is 16.3 Å². The monoisotopic (exact) mass is 182 g/mol. The molecule has 0 saturated heterocycles. The molecule has 1 aliphatic carbocycles. The van der Waals surface area contributed by atoms with E-state index in [1.54, 1.807) is 0 Å². The third kappa shape index (κ3) is 1.92. The molecule has 1 aliphatic rings. The summed E-state index contributed by atoms with van der Waals surface area (Å²) in [6, 6.07) is 5.82. The first-order chi connectivity index (χ1) is 5.74. The summed E-state index contributed by atoms with van der Waals surface area (Å²) in [7, 11) is 0. The lowest BCUT2D eigenvalue weighted by Gasteiger charge is -2.05. The van der Waals surface area contributed by atoms with Crippen LogP contribution in [-0.2, 0) is 0 Å². The van der Waals surface area contributed by atoms with Crippen molar-refractivity contribution in [3.8, 4) is 5.75 Å². The maximum atomic E-state index is 5.87. The van der Waals surface area contributed by atoms with Gasteiger partial charge in [-0.3, -0.25) is 0 Å². The highest BCUT2D eigenvalue weighted by Crippen LogP contribution is 2.28. The number of ether oxygens (including phenoxy) is 1. The predicted molar refractivity (Wildman–Crippen MR) is 49.8 cm³/mol. The first-order valence-electron chi connectivity index (χ1n) is 4.18. The average molecular weight is 183 g/mol. The van der Waals surface area contributed by atoms with Crippen LogP contribution >= 0.6 is 11.6 Å². The fourth-order valence-corrected chi connectivity index (χ4v) is 1.43. The Hall–Kier alpha value is -0.690. The van der Waals surface area contributed by atoms with Gasteiger partial charge in [0.1, 0.15) is 5.75 Å². The average Bonchev–Trinajstić information content (AvgIpc) is 2.68. The van der Waals surface area contributed by atoms with Crippen molar-refractivity contribution in [1.29, 1.82) is 0 Å². The van der Waals surface area contributed by atoms with E-state index >= 15 is 0 Å². The van der Waals surface area contributed by atoms with E-state index in [2.05, 4.69) is 0 Å². The highest BCUT2D eigenvalue weighted by molar-refractivity contribution is 6.30. The van der Waals surface area contributed by atoms with Gasteiger partial charge in [-0.05, 0) is 43.5 Å². The summed E-state index contributed by atoms with van der Waals surface area (Å²) in [6.07, 6.45) is 2.82. The van der Waals surface area contributed by atoms with Gasteiger partial charge in [0.25, 0.3) is 0 Å². The Morgan fingerprint density at radius 1 is 1.33 bits per heavy atom. The molecule has 0 spiro atoms. The highest BCUT2D eigenvalue weighted by atomic mass is 35.5. The molecule has 0 radical (unpaired) electrons. The van der Waals surface area contributed by atoms with Crippen molar-refractivity contribution in [1.82, 2.24) is 0 Å². The lowest BCUT2D eigenvalue weighted by atomic mass is 10.2. The zero-order chi connectivity index (χ0) is 8.55. The van der Waals surface area contributed by atoms with Crippen molar-refractivity contribution in [2.75, 3.05) is 0 Å². The van der Waals surface area contributed by atoms with Gasteiger partial charge in [-0.25, -0.2) is 0 Å². The Labute approximate surface area is 77.3 Å². The second-order valence-corrected chi connectivity index (χ2v) is 3.72. The number of hydrogen-bond donors (Lipinski definition) is 0. The number of benzene rings is 1. The van der Waals surface area contributed by atoms with Gasteiger partial charge in [0.05, 0.1) is 6.10 Å². The molecule has 0 heterocycles. The summed E-state index contributed by atoms with van der Waals surface area (Å²) in [5.74, 6) is 0.905. The molecule has 0 bridgehead atoms. The van der Waals surface area contributed by atoms with E-state index in [0.29, 0.717) is 6.10 Å². The van der Waals surface area contributed by atoms with E-state index in [-0.39, 0.29) is 0 Å². The highest BCUT2D eigenvalue weighted by Gasteiger charge is 2.23. The first kappa shape index (κ1) is 7.93. The zero-order valence-corrected chi connectivity index (χ0v) is 7.77. The number of halogens is 1. The number of aryl methyl sites for hydroxylation is 1. The molecule has 0 unspecified atom stereocenters. The van der Waals surface area contributed by atoms with Crippen LogP contribution in [0.4, 0.5) is 0 Å². The molecule has 0 aromatic heterocycles. The van der Waals surface area contributed by atoms with E-state index < -0.39 is 0 Å². The minimum atomic E-state index is 0.447. The fourth-order valence-electron chi connectivity index (χ4n) is 1.15. The van der Waals surface area contributed by atoms with Gasteiger partial charge in [0.15, 0.2) is 0 Å². The molecule has 1 fully saturated rings. The lowest BCUT2D eigenvalue weighted by Crippen LogP contribution is -1.95. The van der Waals surface area contributed by atoms with Crippen molar-refractivity contribution in [3.63, 3.8) is 0 Å². The normalized spacial score (nSPS) is 16.2. The van der Waals surface area contributed by atoms with Crippen molar-refractivity contribution in [2.24, 2.45) is 0 Å². The molecule has 0 atom stereocenters. The third-order valence-electron chi connectivity index (χ3n) is 1.84. The molecule has 64 valence electrons. The number of hydrogen-bond acceptors (Lipinski definition) is 1. The predicted octanol–water partition coefficient (Wildman–Crippen LogP) is 3.19. The van der Waals surface area contributed by atoms with Crippen LogP contribution in [0.15, 0.2) is 18.2 Å². The van der Waals surface area contributed by atoms with Gasteiger partial charge in [-0.1, -0.05) is 11.6 Å². The van der Waals surface area contributed by atoms with Crippen LogP contribution in [0.3, 0.4) is 0 Å². The molecule has 2 heteroatoms. The Bertz CT molecular complexity index is 272. The van der Waals surface area contributed by atoms with Gasteiger partial charge in [-0.15, -0.1) is 0 Å². The van der Waals surface area contributed by atoms with Gasteiger partial charge < -0.3 is 4.74 Å². The summed E-state index contributed by atoms with van der Waals surface area (Å²) in [6.45, 7) is 2.02. The Balaban J connectivity index is 2.18. The molecule has 2 rings (SSSR count). The summed E-state index contributed by atoms with van der Waals surface area (Å²) >= 11 is 5.87. The Morgan fingerprint density at radius 3 is 2.67 bits per heavy atom. The lowest BCUT2D eigenvalue weighted by molar-refractivity contribution is 0.303. The summed E-state index contributed by atoms with van der Waals surface area (Å²) in [5.41, 5.74) is 1.15. The van der Waals surface area contributed by atoms with Crippen LogP contribution < -0.4 is 4.74 Å². The largest absolute Gasteiger partial charge is 0.490 e. The molecule has 1 nitrogen and oxygen atoms in total. The first-order valence-corrected chi connectivity index (χ1v) is 4.56. The van der Waals surface area contributed by atoms with E-state index in [0.717, 1.165) is 16.3 Å². The topological polar surface area (TPSA) is 9.23 Å². The van der Waals surface area contributed by atoms with Crippen molar-refractivity contribution < 1.29 is 4.74 Å².